The highest BCUT2D eigenvalue weighted by molar-refractivity contribution is 7.81. The van der Waals surface area contributed by atoms with E-state index in [2.05, 4.69) is 28.2 Å². The number of hydrogen-bond acceptors (Lipinski definition) is 5. The van der Waals surface area contributed by atoms with Crippen molar-refractivity contribution in [1.82, 2.24) is 15.6 Å². The highest BCUT2D eigenvalue weighted by Crippen LogP contribution is 2.27. The van der Waals surface area contributed by atoms with Crippen molar-refractivity contribution in [3.8, 4) is 0 Å². The van der Waals surface area contributed by atoms with Gasteiger partial charge in [0.1, 0.15) is 5.69 Å². The minimum atomic E-state index is -0.255. The third-order valence-corrected chi connectivity index (χ3v) is 5.38. The maximum absolute atomic E-state index is 13.2. The average molecular weight is 477 g/mol. The first kappa shape index (κ1) is 25.0. The molecule has 0 saturated carbocycles. The maximum atomic E-state index is 13.2. The lowest BCUT2D eigenvalue weighted by Crippen LogP contribution is -2.27. The first-order valence-electron chi connectivity index (χ1n) is 11.2. The summed E-state index contributed by atoms with van der Waals surface area (Å²) in [7, 11) is 0. The van der Waals surface area contributed by atoms with Crippen LogP contribution in [0.5, 0.6) is 0 Å². The largest absolute Gasteiger partial charge is 0.355 e. The normalized spacial score (nSPS) is 10.4. The number of amides is 3. The van der Waals surface area contributed by atoms with Gasteiger partial charge in [-0.1, -0.05) is 24.3 Å². The molecule has 3 amide bonds. The number of anilines is 2. The van der Waals surface area contributed by atoms with Crippen LogP contribution < -0.4 is 15.5 Å². The first-order chi connectivity index (χ1) is 16.6. The Balaban J connectivity index is 1.60. The Morgan fingerprint density at radius 1 is 0.765 bits per heavy atom. The second-order valence-corrected chi connectivity index (χ2v) is 7.88. The van der Waals surface area contributed by atoms with Gasteiger partial charge in [-0.2, -0.15) is 12.6 Å². The number of carbonyl (C=O) groups excluding carboxylic acids is 3. The zero-order valence-corrected chi connectivity index (χ0v) is 19.7. The van der Waals surface area contributed by atoms with E-state index in [0.29, 0.717) is 35.7 Å². The van der Waals surface area contributed by atoms with Crippen molar-refractivity contribution in [3.05, 3.63) is 90.3 Å². The zero-order valence-electron chi connectivity index (χ0n) is 18.8. The van der Waals surface area contributed by atoms with Crippen molar-refractivity contribution >= 4 is 41.7 Å². The topological polar surface area (TPSA) is 91.4 Å². The van der Waals surface area contributed by atoms with Crippen LogP contribution in [0.3, 0.4) is 0 Å². The van der Waals surface area contributed by atoms with Crippen LogP contribution in [0, 0.1) is 0 Å². The molecule has 1 aromatic heterocycles. The Hall–Kier alpha value is -3.65. The van der Waals surface area contributed by atoms with E-state index in [9.17, 15) is 14.4 Å². The van der Waals surface area contributed by atoms with Gasteiger partial charge in [0.25, 0.3) is 11.8 Å². The fourth-order valence-electron chi connectivity index (χ4n) is 3.34. The molecular weight excluding hydrogens is 448 g/mol. The molecule has 0 aliphatic carbocycles. The van der Waals surface area contributed by atoms with E-state index in [0.717, 1.165) is 19.3 Å². The molecule has 0 aliphatic heterocycles. The van der Waals surface area contributed by atoms with Crippen molar-refractivity contribution in [2.24, 2.45) is 0 Å². The van der Waals surface area contributed by atoms with Crippen LogP contribution >= 0.6 is 12.6 Å². The lowest BCUT2D eigenvalue weighted by atomic mass is 10.1. The quantitative estimate of drug-likeness (QED) is 0.288. The van der Waals surface area contributed by atoms with E-state index in [1.807, 2.05) is 30.3 Å². The van der Waals surface area contributed by atoms with E-state index >= 15 is 0 Å². The second-order valence-electron chi connectivity index (χ2n) is 7.56. The zero-order chi connectivity index (χ0) is 24.2. The third-order valence-electron chi connectivity index (χ3n) is 5.09. The molecule has 1 heterocycles. The summed E-state index contributed by atoms with van der Waals surface area (Å²) in [6.07, 6.45) is 4.15. The van der Waals surface area contributed by atoms with Crippen molar-refractivity contribution in [2.45, 2.75) is 19.3 Å². The molecule has 0 bridgehead atoms. The number of para-hydroxylation sites is 1. The van der Waals surface area contributed by atoms with Crippen LogP contribution in [-0.4, -0.2) is 41.5 Å². The van der Waals surface area contributed by atoms with Gasteiger partial charge in [0.15, 0.2) is 0 Å². The number of nitrogens with zero attached hydrogens (tertiary/aromatic N) is 2. The molecule has 0 fully saturated rings. The van der Waals surface area contributed by atoms with Crippen LogP contribution in [0.1, 0.15) is 40.1 Å². The van der Waals surface area contributed by atoms with Gasteiger partial charge in [0.2, 0.25) is 5.91 Å². The number of thiol groups is 1. The molecule has 0 unspecified atom stereocenters. The highest BCUT2D eigenvalue weighted by Gasteiger charge is 2.21. The first-order valence-corrected chi connectivity index (χ1v) is 11.8. The SMILES string of the molecule is O=C(CS)NCCCCCNC(=O)c1ccc(N(C(=O)c2ccccn2)c2ccccc2)cc1. The summed E-state index contributed by atoms with van der Waals surface area (Å²) in [5, 5.41) is 5.68. The monoisotopic (exact) mass is 476 g/mol. The van der Waals surface area contributed by atoms with Gasteiger partial charge < -0.3 is 10.6 Å². The Morgan fingerprint density at radius 3 is 2.06 bits per heavy atom. The van der Waals surface area contributed by atoms with Gasteiger partial charge >= 0.3 is 0 Å². The number of nitrogens with one attached hydrogen (secondary N) is 2. The summed E-state index contributed by atoms with van der Waals surface area (Å²) >= 11 is 3.91. The van der Waals surface area contributed by atoms with Crippen molar-refractivity contribution in [2.75, 3.05) is 23.7 Å². The number of aromatic nitrogens is 1. The lowest BCUT2D eigenvalue weighted by Gasteiger charge is -2.23. The lowest BCUT2D eigenvalue weighted by molar-refractivity contribution is -0.118. The molecule has 3 rings (SSSR count). The van der Waals surface area contributed by atoms with E-state index in [1.165, 1.54) is 0 Å². The fourth-order valence-corrected chi connectivity index (χ4v) is 3.45. The minimum Gasteiger partial charge on any atom is -0.355 e. The summed E-state index contributed by atoms with van der Waals surface area (Å²) in [6, 6.07) is 21.5. The van der Waals surface area contributed by atoms with Gasteiger partial charge in [0.05, 0.1) is 5.75 Å². The molecular formula is C26H28N4O3S. The number of benzene rings is 2. The molecule has 3 aromatic rings. The summed E-state index contributed by atoms with van der Waals surface area (Å²) < 4.78 is 0. The number of carbonyl (C=O) groups is 3. The average Bonchev–Trinajstić information content (AvgIpc) is 2.89. The number of pyridine rings is 1. The van der Waals surface area contributed by atoms with E-state index in [4.69, 9.17) is 0 Å². The Bertz CT molecular complexity index is 1080. The predicted molar refractivity (Wildman–Crippen MR) is 137 cm³/mol. The fraction of sp³-hybridized carbons (Fsp3) is 0.231. The summed E-state index contributed by atoms with van der Waals surface area (Å²) in [5.74, 6) is -0.311. The Kier molecular flexibility index (Phi) is 9.66. The van der Waals surface area contributed by atoms with Crippen LogP contribution in [0.2, 0.25) is 0 Å². The van der Waals surface area contributed by atoms with E-state index in [-0.39, 0.29) is 23.5 Å². The number of rotatable bonds is 11. The molecule has 8 heteroatoms. The molecule has 0 spiro atoms. The molecule has 2 N–H and O–H groups in total. The van der Waals surface area contributed by atoms with Gasteiger partial charge in [-0.15, -0.1) is 0 Å². The van der Waals surface area contributed by atoms with Gasteiger partial charge in [-0.25, -0.2) is 0 Å². The van der Waals surface area contributed by atoms with Crippen molar-refractivity contribution in [3.63, 3.8) is 0 Å². The minimum absolute atomic E-state index is 0.0763. The maximum Gasteiger partial charge on any atom is 0.281 e. The Labute approximate surface area is 205 Å². The van der Waals surface area contributed by atoms with Crippen LogP contribution in [-0.2, 0) is 4.79 Å². The van der Waals surface area contributed by atoms with Crippen molar-refractivity contribution in [1.29, 1.82) is 0 Å². The summed E-state index contributed by atoms with van der Waals surface area (Å²) in [6.45, 7) is 1.17. The van der Waals surface area contributed by atoms with E-state index in [1.54, 1.807) is 53.6 Å². The standard InChI is InChI=1S/C26H28N4O3S/c31-24(19-34)28-17-6-2-7-18-29-25(32)20-12-14-22(15-13-20)30(21-9-3-1-4-10-21)26(33)23-11-5-8-16-27-23/h1,3-5,8-16,34H,2,6-7,17-19H2,(H,28,31)(H,29,32). The van der Waals surface area contributed by atoms with Gasteiger partial charge in [-0.3, -0.25) is 24.3 Å². The molecule has 34 heavy (non-hydrogen) atoms. The van der Waals surface area contributed by atoms with Crippen LogP contribution in [0.25, 0.3) is 0 Å². The molecule has 2 aromatic carbocycles. The number of unbranched alkanes of at least 4 members (excludes halogenated alkanes) is 2. The third kappa shape index (κ3) is 7.18. The van der Waals surface area contributed by atoms with Crippen LogP contribution in [0.4, 0.5) is 11.4 Å². The number of hydrogen-bond donors (Lipinski definition) is 3. The Morgan fingerprint density at radius 2 is 1.41 bits per heavy atom. The summed E-state index contributed by atoms with van der Waals surface area (Å²) in [5.41, 5.74) is 2.20. The molecule has 0 atom stereocenters. The van der Waals surface area contributed by atoms with Gasteiger partial charge in [-0.05, 0) is 67.8 Å². The highest BCUT2D eigenvalue weighted by atomic mass is 32.1. The van der Waals surface area contributed by atoms with Crippen LogP contribution in [0.15, 0.2) is 79.0 Å². The molecule has 0 radical (unpaired) electrons. The second kappa shape index (κ2) is 13.2. The predicted octanol–water partition coefficient (Wildman–Crippen LogP) is 4.01. The molecule has 0 saturated heterocycles. The molecule has 0 aliphatic rings. The van der Waals surface area contributed by atoms with E-state index < -0.39 is 0 Å². The molecule has 7 nitrogen and oxygen atoms in total. The van der Waals surface area contributed by atoms with Gasteiger partial charge in [0, 0.05) is 36.2 Å². The summed E-state index contributed by atoms with van der Waals surface area (Å²) in [4.78, 5) is 42.6. The molecule has 176 valence electrons. The van der Waals surface area contributed by atoms with Crippen molar-refractivity contribution < 1.29 is 14.4 Å². The smallest absolute Gasteiger partial charge is 0.281 e.